The van der Waals surface area contributed by atoms with Crippen molar-refractivity contribution < 1.29 is 19.1 Å². The molecule has 0 bridgehead atoms. The zero-order valence-electron chi connectivity index (χ0n) is 16.6. The Morgan fingerprint density at radius 3 is 2.10 bits per heavy atom. The second kappa shape index (κ2) is 7.17. The molecule has 0 saturated carbocycles. The Morgan fingerprint density at radius 2 is 1.55 bits per heavy atom. The molecule has 5 rings (SSSR count). The van der Waals surface area contributed by atoms with Crippen molar-refractivity contribution in [3.05, 3.63) is 79.9 Å². The van der Waals surface area contributed by atoms with E-state index >= 15 is 0 Å². The fourth-order valence-electron chi connectivity index (χ4n) is 4.93. The van der Waals surface area contributed by atoms with Crippen LogP contribution in [0.5, 0.6) is 0 Å². The topological polar surface area (TPSA) is 68.2 Å². The summed E-state index contributed by atoms with van der Waals surface area (Å²) in [5, 5.41) is 6.02. The number of fused-ring (bicyclic) bond motifs is 7. The first kappa shape index (κ1) is 20.2. The molecule has 0 aromatic heterocycles. The molecule has 0 amide bonds. The van der Waals surface area contributed by atoms with Gasteiger partial charge in [-0.25, -0.2) is 14.6 Å². The Labute approximate surface area is 195 Å². The van der Waals surface area contributed by atoms with Crippen molar-refractivity contribution in [3.63, 3.8) is 0 Å². The number of esters is 2. The second-order valence-electron chi connectivity index (χ2n) is 7.33. The van der Waals surface area contributed by atoms with E-state index in [-0.39, 0.29) is 11.3 Å². The van der Waals surface area contributed by atoms with E-state index in [1.165, 1.54) is 14.2 Å². The third-order valence-electron chi connectivity index (χ3n) is 6.01. The van der Waals surface area contributed by atoms with Crippen LogP contribution in [0.4, 0.5) is 0 Å². The lowest BCUT2D eigenvalue weighted by molar-refractivity contribution is -0.140. The van der Waals surface area contributed by atoms with Crippen molar-refractivity contribution >= 4 is 50.0 Å². The summed E-state index contributed by atoms with van der Waals surface area (Å²) in [5.74, 6) is -1.24. The van der Waals surface area contributed by atoms with E-state index in [1.807, 2.05) is 48.6 Å². The van der Waals surface area contributed by atoms with E-state index in [9.17, 15) is 9.59 Å². The molecule has 2 aliphatic heterocycles. The molecule has 6 nitrogen and oxygen atoms in total. The SMILES string of the molecule is COC(=O)C1=C(C(=O)OC)C2(c3cc(Br)ccc3-c3ccc(Br)cc32)C2C=CC=NN12. The highest BCUT2D eigenvalue weighted by molar-refractivity contribution is 9.10. The van der Waals surface area contributed by atoms with Gasteiger partial charge in [-0.1, -0.05) is 50.1 Å². The number of hydrogen-bond donors (Lipinski definition) is 0. The molecule has 0 saturated heterocycles. The summed E-state index contributed by atoms with van der Waals surface area (Å²) in [5.41, 5.74) is 3.05. The third-order valence-corrected chi connectivity index (χ3v) is 7.00. The average Bonchev–Trinajstić information content (AvgIpc) is 3.24. The van der Waals surface area contributed by atoms with E-state index in [0.29, 0.717) is 0 Å². The smallest absolute Gasteiger partial charge is 0.356 e. The number of carbonyl (C=O) groups is 2. The molecule has 1 aliphatic carbocycles. The van der Waals surface area contributed by atoms with E-state index in [0.717, 1.165) is 31.2 Å². The molecule has 2 aromatic carbocycles. The highest BCUT2D eigenvalue weighted by atomic mass is 79.9. The number of allylic oxidation sites excluding steroid dienone is 1. The van der Waals surface area contributed by atoms with Gasteiger partial charge < -0.3 is 9.47 Å². The molecular weight excluding hydrogens is 528 g/mol. The molecule has 0 radical (unpaired) electrons. The van der Waals surface area contributed by atoms with Crippen molar-refractivity contribution in [2.75, 3.05) is 14.2 Å². The van der Waals surface area contributed by atoms with Gasteiger partial charge in [-0.15, -0.1) is 0 Å². The lowest BCUT2D eigenvalue weighted by Crippen LogP contribution is -2.44. The van der Waals surface area contributed by atoms with Crippen LogP contribution in [0.3, 0.4) is 0 Å². The van der Waals surface area contributed by atoms with Crippen molar-refractivity contribution in [1.29, 1.82) is 0 Å². The summed E-state index contributed by atoms with van der Waals surface area (Å²) in [6, 6.07) is 11.5. The summed E-state index contributed by atoms with van der Waals surface area (Å²) < 4.78 is 12.0. The molecule has 31 heavy (non-hydrogen) atoms. The number of hydrazone groups is 1. The minimum absolute atomic E-state index is 0.0821. The molecule has 0 fully saturated rings. The predicted octanol–water partition coefficient (Wildman–Crippen LogP) is 4.32. The summed E-state index contributed by atoms with van der Waals surface area (Å²) in [6.07, 6.45) is 5.37. The Hall–Kier alpha value is -2.71. The molecule has 8 heteroatoms. The first-order chi connectivity index (χ1) is 14.9. The van der Waals surface area contributed by atoms with E-state index < -0.39 is 23.4 Å². The quantitative estimate of drug-likeness (QED) is 0.528. The number of methoxy groups -OCH3 is 2. The maximum atomic E-state index is 13.3. The minimum Gasteiger partial charge on any atom is -0.466 e. The Morgan fingerprint density at radius 1 is 0.968 bits per heavy atom. The molecule has 2 heterocycles. The van der Waals surface area contributed by atoms with Gasteiger partial charge in [0.05, 0.1) is 31.2 Å². The van der Waals surface area contributed by atoms with Crippen LogP contribution in [0.15, 0.2) is 73.9 Å². The largest absolute Gasteiger partial charge is 0.466 e. The zero-order valence-corrected chi connectivity index (χ0v) is 19.7. The molecule has 1 spiro atoms. The van der Waals surface area contributed by atoms with Gasteiger partial charge in [0, 0.05) is 15.2 Å². The summed E-state index contributed by atoms with van der Waals surface area (Å²) in [7, 11) is 2.60. The molecule has 2 aromatic rings. The van der Waals surface area contributed by atoms with E-state index in [4.69, 9.17) is 9.47 Å². The van der Waals surface area contributed by atoms with E-state index in [2.05, 4.69) is 37.0 Å². The molecular formula is C23H16Br2N2O4. The fraction of sp³-hybridized carbons (Fsp3) is 0.174. The maximum Gasteiger partial charge on any atom is 0.356 e. The molecule has 3 aliphatic rings. The van der Waals surface area contributed by atoms with Crippen molar-refractivity contribution in [3.8, 4) is 11.1 Å². The molecule has 1 unspecified atom stereocenters. The highest BCUT2D eigenvalue weighted by Crippen LogP contribution is 2.61. The van der Waals surface area contributed by atoms with Crippen molar-refractivity contribution in [2.45, 2.75) is 11.5 Å². The number of hydrogen-bond acceptors (Lipinski definition) is 6. The monoisotopic (exact) mass is 542 g/mol. The van der Waals surface area contributed by atoms with Crippen LogP contribution in [-0.2, 0) is 24.5 Å². The number of halogens is 2. The van der Waals surface area contributed by atoms with Crippen LogP contribution in [0.2, 0.25) is 0 Å². The number of benzene rings is 2. The number of rotatable bonds is 2. The Balaban J connectivity index is 1.98. The second-order valence-corrected chi connectivity index (χ2v) is 9.16. The number of carbonyl (C=O) groups excluding carboxylic acids is 2. The van der Waals surface area contributed by atoms with E-state index in [1.54, 1.807) is 11.2 Å². The zero-order chi connectivity index (χ0) is 21.9. The van der Waals surface area contributed by atoms with Gasteiger partial charge in [-0.05, 0) is 52.6 Å². The summed E-state index contributed by atoms with van der Waals surface area (Å²) >= 11 is 7.16. The van der Waals surface area contributed by atoms with Crippen molar-refractivity contribution in [1.82, 2.24) is 5.01 Å². The van der Waals surface area contributed by atoms with Crippen molar-refractivity contribution in [2.24, 2.45) is 5.10 Å². The van der Waals surface area contributed by atoms with Crippen LogP contribution in [0.25, 0.3) is 11.1 Å². The lowest BCUT2D eigenvalue weighted by atomic mass is 9.68. The Kier molecular flexibility index (Phi) is 4.67. The van der Waals surface area contributed by atoms with Gasteiger partial charge in [-0.2, -0.15) is 5.10 Å². The Bertz CT molecular complexity index is 1200. The van der Waals surface area contributed by atoms with Crippen LogP contribution in [-0.4, -0.2) is 43.4 Å². The molecule has 1 atom stereocenters. The predicted molar refractivity (Wildman–Crippen MR) is 122 cm³/mol. The van der Waals surface area contributed by atoms with Crippen LogP contribution < -0.4 is 0 Å². The maximum absolute atomic E-state index is 13.3. The van der Waals surface area contributed by atoms with Gasteiger partial charge in [0.15, 0.2) is 5.70 Å². The fourth-order valence-corrected chi connectivity index (χ4v) is 5.65. The molecule has 0 N–H and O–H groups in total. The normalized spacial score (nSPS) is 19.4. The third kappa shape index (κ3) is 2.58. The highest BCUT2D eigenvalue weighted by Gasteiger charge is 2.62. The van der Waals surface area contributed by atoms with Crippen LogP contribution in [0.1, 0.15) is 11.1 Å². The van der Waals surface area contributed by atoms with Gasteiger partial charge in [0.1, 0.15) is 0 Å². The van der Waals surface area contributed by atoms with Crippen LogP contribution in [0, 0.1) is 0 Å². The van der Waals surface area contributed by atoms with Gasteiger partial charge in [0.2, 0.25) is 0 Å². The van der Waals surface area contributed by atoms with Gasteiger partial charge in [-0.3, -0.25) is 0 Å². The van der Waals surface area contributed by atoms with Gasteiger partial charge >= 0.3 is 11.9 Å². The first-order valence-corrected chi connectivity index (χ1v) is 11.1. The molecule has 156 valence electrons. The lowest BCUT2D eigenvalue weighted by Gasteiger charge is -2.36. The van der Waals surface area contributed by atoms with Gasteiger partial charge in [0.25, 0.3) is 0 Å². The number of nitrogens with zero attached hydrogens (tertiary/aromatic N) is 2. The summed E-state index contributed by atoms with van der Waals surface area (Å²) in [4.78, 5) is 26.3. The summed E-state index contributed by atoms with van der Waals surface area (Å²) in [6.45, 7) is 0. The standard InChI is InChI=1S/C23H16Br2N2O4/c1-30-21(28)19-20(22(29)31-2)27-18(4-3-9-26-27)23(19)16-10-12(24)5-7-14(16)15-8-6-13(25)11-17(15)23/h3-11,18H,1-2H3. The minimum atomic E-state index is -1.01. The average molecular weight is 544 g/mol. The first-order valence-electron chi connectivity index (χ1n) is 9.47. The van der Waals surface area contributed by atoms with Crippen LogP contribution >= 0.6 is 31.9 Å². The number of ether oxygens (including phenoxy) is 2.